The zero-order chi connectivity index (χ0) is 41.1. The van der Waals surface area contributed by atoms with E-state index in [-0.39, 0.29) is 48.3 Å². The van der Waals surface area contributed by atoms with Crippen LogP contribution in [0, 0.1) is 5.92 Å². The van der Waals surface area contributed by atoms with Crippen molar-refractivity contribution in [1.82, 2.24) is 15.1 Å². The molecule has 308 valence electrons. The Labute approximate surface area is 346 Å². The molecule has 0 spiro atoms. The van der Waals surface area contributed by atoms with Crippen LogP contribution in [0.25, 0.3) is 17.2 Å². The lowest BCUT2D eigenvalue weighted by molar-refractivity contribution is -0.150. The van der Waals surface area contributed by atoms with E-state index in [1.54, 1.807) is 18.2 Å². The predicted molar refractivity (Wildman–Crippen MR) is 228 cm³/mol. The van der Waals surface area contributed by atoms with Gasteiger partial charge in [-0.3, -0.25) is 19.2 Å². The van der Waals surface area contributed by atoms with Crippen molar-refractivity contribution < 1.29 is 34.1 Å². The number of ether oxygens (including phenoxy) is 1. The smallest absolute Gasteiger partial charge is 0.310 e. The van der Waals surface area contributed by atoms with Crippen LogP contribution >= 0.6 is 0 Å². The quantitative estimate of drug-likeness (QED) is 0.111. The Bertz CT molecular complexity index is 2120. The molecule has 1 aliphatic carbocycles. The molecule has 0 bridgehead atoms. The average molecular weight is 798 g/mol. The molecular weight excluding hydrogens is 743 g/mol. The van der Waals surface area contributed by atoms with Crippen LogP contribution in [0.2, 0.25) is 0 Å². The maximum atomic E-state index is 13.1. The van der Waals surface area contributed by atoms with Crippen molar-refractivity contribution in [3.05, 3.63) is 130 Å². The number of aliphatic hydroxyl groups is 1. The number of carbonyl (C=O) groups excluding carboxylic acids is 4. The monoisotopic (exact) mass is 797 g/mol. The highest BCUT2D eigenvalue weighted by Crippen LogP contribution is 2.34. The number of hydrogen-bond donors (Lipinski definition) is 3. The lowest BCUT2D eigenvalue weighted by atomic mass is 9.88. The van der Waals surface area contributed by atoms with E-state index in [9.17, 15) is 29.4 Å². The van der Waals surface area contributed by atoms with Crippen LogP contribution in [-0.2, 0) is 38.4 Å². The Morgan fingerprint density at radius 2 is 1.56 bits per heavy atom. The van der Waals surface area contributed by atoms with Gasteiger partial charge in [0.2, 0.25) is 5.91 Å². The zero-order valence-corrected chi connectivity index (χ0v) is 33.7. The van der Waals surface area contributed by atoms with Crippen LogP contribution in [0.5, 0.6) is 5.75 Å². The molecule has 3 aliphatic rings. The first-order valence-corrected chi connectivity index (χ1v) is 21.1. The summed E-state index contributed by atoms with van der Waals surface area (Å²) < 4.78 is 5.89. The summed E-state index contributed by atoms with van der Waals surface area (Å²) in [6, 6.07) is 28.9. The molecule has 4 aromatic carbocycles. The van der Waals surface area contributed by atoms with Gasteiger partial charge in [-0.2, -0.15) is 0 Å². The number of ketones is 1. The van der Waals surface area contributed by atoms with E-state index in [0.717, 1.165) is 79.4 Å². The molecule has 1 atom stereocenters. The number of phenolic OH excluding ortho intramolecular Hbond substituents is 1. The van der Waals surface area contributed by atoms with E-state index in [2.05, 4.69) is 22.3 Å². The van der Waals surface area contributed by atoms with Gasteiger partial charge in [0.05, 0.1) is 12.5 Å². The van der Waals surface area contributed by atoms with Crippen LogP contribution in [0.3, 0.4) is 0 Å². The van der Waals surface area contributed by atoms with Gasteiger partial charge in [0.25, 0.3) is 5.91 Å². The summed E-state index contributed by atoms with van der Waals surface area (Å²) in [5, 5.41) is 24.2. The van der Waals surface area contributed by atoms with Gasteiger partial charge in [0.1, 0.15) is 11.9 Å². The number of aromatic hydroxyl groups is 1. The van der Waals surface area contributed by atoms with Crippen molar-refractivity contribution in [2.24, 2.45) is 5.92 Å². The number of aryl methyl sites for hydroxylation is 1. The van der Waals surface area contributed by atoms with E-state index < -0.39 is 6.10 Å². The van der Waals surface area contributed by atoms with E-state index in [0.29, 0.717) is 61.6 Å². The lowest BCUT2D eigenvalue weighted by Crippen LogP contribution is -2.43. The molecule has 0 unspecified atom stereocenters. The van der Waals surface area contributed by atoms with E-state index in [1.807, 2.05) is 71.6 Å². The molecule has 2 fully saturated rings. The van der Waals surface area contributed by atoms with Crippen LogP contribution < -0.4 is 5.32 Å². The van der Waals surface area contributed by atoms with Gasteiger partial charge in [-0.25, -0.2) is 0 Å². The average Bonchev–Trinajstić information content (AvgIpc) is 3.26. The number of allylic oxidation sites excluding steroid dienone is 1. The second-order valence-corrected chi connectivity index (χ2v) is 16.2. The number of fused-ring (bicyclic) bond motifs is 1. The Kier molecular flexibility index (Phi) is 14.0. The minimum absolute atomic E-state index is 0.0672. The van der Waals surface area contributed by atoms with E-state index >= 15 is 0 Å². The minimum Gasteiger partial charge on any atom is -0.508 e. The third kappa shape index (κ3) is 11.1. The Morgan fingerprint density at radius 3 is 2.32 bits per heavy atom. The topological polar surface area (TPSA) is 136 Å². The number of phenols is 1. The molecule has 2 aliphatic heterocycles. The summed E-state index contributed by atoms with van der Waals surface area (Å²) in [5.74, 6) is 0.181. The van der Waals surface area contributed by atoms with Gasteiger partial charge < -0.3 is 30.1 Å². The van der Waals surface area contributed by atoms with E-state index in [4.69, 9.17) is 4.74 Å². The summed E-state index contributed by atoms with van der Waals surface area (Å²) in [4.78, 5) is 55.0. The molecule has 2 heterocycles. The van der Waals surface area contributed by atoms with Crippen molar-refractivity contribution >= 4 is 29.6 Å². The zero-order valence-electron chi connectivity index (χ0n) is 33.7. The summed E-state index contributed by atoms with van der Waals surface area (Å²) in [6.07, 6.45) is 8.44. The second kappa shape index (κ2) is 19.9. The molecule has 2 amide bonds. The van der Waals surface area contributed by atoms with Crippen molar-refractivity contribution in [2.75, 3.05) is 39.3 Å². The fourth-order valence-corrected chi connectivity index (χ4v) is 8.58. The highest BCUT2D eigenvalue weighted by atomic mass is 16.5. The largest absolute Gasteiger partial charge is 0.508 e. The molecule has 10 nitrogen and oxygen atoms in total. The first kappa shape index (κ1) is 41.6. The summed E-state index contributed by atoms with van der Waals surface area (Å²) in [5.41, 5.74) is 6.79. The van der Waals surface area contributed by atoms with Crippen LogP contribution in [0.4, 0.5) is 0 Å². The number of rotatable bonds is 15. The molecule has 3 N–H and O–H groups in total. The van der Waals surface area contributed by atoms with Gasteiger partial charge in [0, 0.05) is 63.2 Å². The van der Waals surface area contributed by atoms with Gasteiger partial charge in [0.15, 0.2) is 5.78 Å². The lowest BCUT2D eigenvalue weighted by Gasteiger charge is -2.34. The highest BCUT2D eigenvalue weighted by Gasteiger charge is 2.27. The maximum Gasteiger partial charge on any atom is 0.310 e. The van der Waals surface area contributed by atoms with Crippen molar-refractivity contribution in [3.8, 4) is 16.9 Å². The Hall–Kier alpha value is -5.58. The standard InChI is InChI=1S/C49H55N3O7/c53-39-17-18-42-43(19-20-46(55)44(42)32-39)45(54)12-6-7-34-13-15-37(16-14-34)49(58)50-33-35-21-29-52(30-22-35)47(56)25-28-51-26-23-40(24-27-51)59-48(57)31-38-10-4-5-11-41(38)36-8-2-1-3-9-36/h1-5,8-11,13-20,35,40,45,54-55H,6-7,12,21-33H2,(H,50,58)/t45-/m0/s1. The molecule has 59 heavy (non-hydrogen) atoms. The predicted octanol–water partition coefficient (Wildman–Crippen LogP) is 6.86. The highest BCUT2D eigenvalue weighted by molar-refractivity contribution is 5.99. The number of amides is 2. The number of likely N-dealkylation sites (tertiary alicyclic amines) is 2. The van der Waals surface area contributed by atoms with Crippen LogP contribution in [0.1, 0.15) is 89.2 Å². The third-order valence-corrected chi connectivity index (χ3v) is 12.1. The van der Waals surface area contributed by atoms with Gasteiger partial charge in [-0.15, -0.1) is 0 Å². The molecule has 0 radical (unpaired) electrons. The summed E-state index contributed by atoms with van der Waals surface area (Å²) >= 11 is 0. The molecule has 2 saturated heterocycles. The van der Waals surface area contributed by atoms with Gasteiger partial charge in [-0.1, -0.05) is 78.9 Å². The SMILES string of the molecule is O=C1C=Cc2c([C@@H](O)CCCc3ccc(C(=O)NCC4CCN(C(=O)CCN5CCC(OC(=O)Cc6ccccc6-c6ccccc6)CC5)CC4)cc3)ccc(O)c2C1. The maximum absolute atomic E-state index is 13.1. The third-order valence-electron chi connectivity index (χ3n) is 12.1. The minimum atomic E-state index is -0.715. The number of esters is 1. The fourth-order valence-electron chi connectivity index (χ4n) is 8.58. The molecule has 0 aromatic heterocycles. The number of hydrogen-bond acceptors (Lipinski definition) is 8. The number of nitrogens with one attached hydrogen (secondary N) is 1. The number of carbonyl (C=O) groups is 4. The van der Waals surface area contributed by atoms with E-state index in [1.165, 1.54) is 6.08 Å². The van der Waals surface area contributed by atoms with Gasteiger partial charge in [-0.05, 0) is 109 Å². The molecule has 10 heteroatoms. The summed E-state index contributed by atoms with van der Waals surface area (Å²) in [6.45, 7) is 4.26. The van der Waals surface area contributed by atoms with Crippen molar-refractivity contribution in [2.45, 2.75) is 76.4 Å². The number of nitrogens with zero attached hydrogens (tertiary/aromatic N) is 2. The molecule has 0 saturated carbocycles. The first-order valence-electron chi connectivity index (χ1n) is 21.1. The summed E-state index contributed by atoms with van der Waals surface area (Å²) in [7, 11) is 0. The number of piperidine rings is 2. The first-order chi connectivity index (χ1) is 28.7. The number of aliphatic hydroxyl groups excluding tert-OH is 1. The van der Waals surface area contributed by atoms with Crippen molar-refractivity contribution in [1.29, 1.82) is 0 Å². The van der Waals surface area contributed by atoms with Crippen LogP contribution in [-0.4, -0.2) is 89.0 Å². The molecular formula is C49H55N3O7. The fraction of sp³-hybridized carbons (Fsp3) is 0.388. The molecule has 4 aromatic rings. The normalized spacial score (nSPS) is 16.7. The Balaban J connectivity index is 0.754. The van der Waals surface area contributed by atoms with Crippen molar-refractivity contribution in [3.63, 3.8) is 0 Å². The Morgan fingerprint density at radius 1 is 0.831 bits per heavy atom. The number of benzene rings is 4. The second-order valence-electron chi connectivity index (χ2n) is 16.2. The van der Waals surface area contributed by atoms with Crippen LogP contribution in [0.15, 0.2) is 97.1 Å². The van der Waals surface area contributed by atoms with Gasteiger partial charge >= 0.3 is 5.97 Å². The molecule has 7 rings (SSSR count).